The van der Waals surface area contributed by atoms with Gasteiger partial charge in [-0.15, -0.1) is 0 Å². The van der Waals surface area contributed by atoms with Gasteiger partial charge in [0, 0.05) is 0 Å². The number of halogens is 3. The van der Waals surface area contributed by atoms with Crippen molar-refractivity contribution in [3.63, 3.8) is 0 Å². The first-order chi connectivity index (χ1) is 12.6. The summed E-state index contributed by atoms with van der Waals surface area (Å²) >= 11 is 0. The molecule has 0 bridgehead atoms. The lowest BCUT2D eigenvalue weighted by Crippen LogP contribution is -2.30. The molecule has 2 unspecified atom stereocenters. The Bertz CT molecular complexity index is 798. The smallest absolute Gasteiger partial charge is 0.169 e. The zero-order valence-corrected chi connectivity index (χ0v) is 15.4. The first-order valence-electron chi connectivity index (χ1n) is 10.1. The van der Waals surface area contributed by atoms with Crippen LogP contribution in [0.25, 0.3) is 10.8 Å². The molecule has 0 radical (unpaired) electrons. The van der Waals surface area contributed by atoms with Gasteiger partial charge >= 0.3 is 0 Å². The Hall–Kier alpha value is -1.51. The van der Waals surface area contributed by atoms with Gasteiger partial charge in [0.05, 0.1) is 5.39 Å². The Labute approximate surface area is 153 Å². The summed E-state index contributed by atoms with van der Waals surface area (Å²) in [6.45, 7) is 2.27. The Morgan fingerprint density at radius 1 is 0.885 bits per heavy atom. The molecule has 0 aromatic heterocycles. The summed E-state index contributed by atoms with van der Waals surface area (Å²) in [5.74, 6) is 0.0972. The summed E-state index contributed by atoms with van der Waals surface area (Å²) in [6.07, 6.45) is 10.0. The molecule has 0 heterocycles. The van der Waals surface area contributed by atoms with Crippen molar-refractivity contribution in [1.82, 2.24) is 0 Å². The molecule has 4 atom stereocenters. The van der Waals surface area contributed by atoms with Gasteiger partial charge in [0.1, 0.15) is 5.82 Å². The standard InChI is InChI=1S/C23H27F3/c1-2-3-14-4-5-16-11-17(7-6-15(16)10-14)19-12-18-8-9-20(24)23(26)22(18)21(25)13-19/h8-9,12-17H,2-7,10-11H2,1H3/t14-,15?,16-,17?/m1/s1. The van der Waals surface area contributed by atoms with E-state index < -0.39 is 17.5 Å². The van der Waals surface area contributed by atoms with Crippen molar-refractivity contribution in [2.24, 2.45) is 17.8 Å². The average molecular weight is 360 g/mol. The lowest BCUT2D eigenvalue weighted by Gasteiger charge is -2.42. The first-order valence-corrected chi connectivity index (χ1v) is 10.1. The Morgan fingerprint density at radius 2 is 1.65 bits per heavy atom. The van der Waals surface area contributed by atoms with Gasteiger partial charge in [-0.05, 0) is 78.9 Å². The minimum absolute atomic E-state index is 0.220. The summed E-state index contributed by atoms with van der Waals surface area (Å²) in [5.41, 5.74) is 0.954. The molecular weight excluding hydrogens is 333 g/mol. The molecule has 2 saturated carbocycles. The molecule has 2 aromatic rings. The molecule has 0 spiro atoms. The van der Waals surface area contributed by atoms with E-state index in [1.165, 1.54) is 50.7 Å². The fraction of sp³-hybridized carbons (Fsp3) is 0.565. The van der Waals surface area contributed by atoms with Crippen LogP contribution in [0.2, 0.25) is 0 Å². The molecule has 0 N–H and O–H groups in total. The maximum absolute atomic E-state index is 14.5. The van der Waals surface area contributed by atoms with E-state index in [0.717, 1.165) is 42.2 Å². The van der Waals surface area contributed by atoms with E-state index in [1.54, 1.807) is 0 Å². The highest BCUT2D eigenvalue weighted by molar-refractivity contribution is 5.84. The summed E-state index contributed by atoms with van der Waals surface area (Å²) in [4.78, 5) is 0. The van der Waals surface area contributed by atoms with Crippen LogP contribution in [0.5, 0.6) is 0 Å². The Kier molecular flexibility index (Phi) is 4.98. The van der Waals surface area contributed by atoms with Gasteiger partial charge in [-0.2, -0.15) is 0 Å². The topological polar surface area (TPSA) is 0 Å². The molecule has 0 nitrogen and oxygen atoms in total. The van der Waals surface area contributed by atoms with Gasteiger partial charge in [-0.1, -0.05) is 38.3 Å². The lowest BCUT2D eigenvalue weighted by molar-refractivity contribution is 0.114. The number of rotatable bonds is 3. The predicted octanol–water partition coefficient (Wildman–Crippen LogP) is 7.36. The fourth-order valence-electron chi connectivity index (χ4n) is 5.56. The molecule has 0 aliphatic heterocycles. The van der Waals surface area contributed by atoms with Crippen LogP contribution in [0, 0.1) is 35.2 Å². The van der Waals surface area contributed by atoms with E-state index in [1.807, 2.05) is 6.07 Å². The van der Waals surface area contributed by atoms with Crippen molar-refractivity contribution in [2.75, 3.05) is 0 Å². The SMILES string of the molecule is CCC[C@@H]1CC[C@@H]2CC(c3cc(F)c4c(F)c(F)ccc4c3)CCC2C1. The minimum atomic E-state index is -1.08. The van der Waals surface area contributed by atoms with Crippen molar-refractivity contribution in [3.05, 3.63) is 47.3 Å². The maximum atomic E-state index is 14.5. The highest BCUT2D eigenvalue weighted by Crippen LogP contribution is 2.48. The van der Waals surface area contributed by atoms with Gasteiger partial charge in [0.15, 0.2) is 11.6 Å². The van der Waals surface area contributed by atoms with Gasteiger partial charge in [-0.25, -0.2) is 13.2 Å². The van der Waals surface area contributed by atoms with E-state index in [0.29, 0.717) is 11.3 Å². The molecule has 2 fully saturated rings. The third-order valence-corrected chi connectivity index (χ3v) is 6.87. The van der Waals surface area contributed by atoms with Gasteiger partial charge < -0.3 is 0 Å². The van der Waals surface area contributed by atoms with Crippen LogP contribution in [0.1, 0.15) is 69.8 Å². The second kappa shape index (κ2) is 7.25. The van der Waals surface area contributed by atoms with Gasteiger partial charge in [-0.3, -0.25) is 0 Å². The normalized spacial score (nSPS) is 28.9. The zero-order chi connectivity index (χ0) is 18.3. The molecule has 0 saturated heterocycles. The van der Waals surface area contributed by atoms with Crippen molar-refractivity contribution in [1.29, 1.82) is 0 Å². The molecule has 0 amide bonds. The van der Waals surface area contributed by atoms with Crippen LogP contribution < -0.4 is 0 Å². The van der Waals surface area contributed by atoms with Gasteiger partial charge in [0.25, 0.3) is 0 Å². The number of fused-ring (bicyclic) bond motifs is 2. The summed E-state index contributed by atoms with van der Waals surface area (Å²) in [7, 11) is 0. The molecule has 2 aliphatic rings. The molecular formula is C23H27F3. The van der Waals surface area contributed by atoms with Crippen LogP contribution >= 0.6 is 0 Å². The summed E-state index contributed by atoms with van der Waals surface area (Å²) < 4.78 is 41.9. The molecule has 2 aromatic carbocycles. The van der Waals surface area contributed by atoms with Crippen molar-refractivity contribution < 1.29 is 13.2 Å². The summed E-state index contributed by atoms with van der Waals surface area (Å²) in [6, 6.07) is 5.89. The van der Waals surface area contributed by atoms with Gasteiger partial charge in [0.2, 0.25) is 0 Å². The van der Waals surface area contributed by atoms with Crippen molar-refractivity contribution >= 4 is 10.8 Å². The second-order valence-electron chi connectivity index (χ2n) is 8.46. The van der Waals surface area contributed by atoms with Crippen LogP contribution in [-0.4, -0.2) is 0 Å². The van der Waals surface area contributed by atoms with Crippen molar-refractivity contribution in [3.8, 4) is 0 Å². The molecule has 140 valence electrons. The largest absolute Gasteiger partial charge is 0.206 e. The van der Waals surface area contributed by atoms with Crippen molar-refractivity contribution in [2.45, 2.75) is 64.2 Å². The second-order valence-corrected chi connectivity index (χ2v) is 8.46. The summed E-state index contributed by atoms with van der Waals surface area (Å²) in [5, 5.41) is 0.246. The monoisotopic (exact) mass is 360 g/mol. The van der Waals surface area contributed by atoms with Crippen LogP contribution in [0.4, 0.5) is 13.2 Å². The third-order valence-electron chi connectivity index (χ3n) is 6.87. The van der Waals surface area contributed by atoms with E-state index in [-0.39, 0.29) is 5.39 Å². The lowest BCUT2D eigenvalue weighted by atomic mass is 9.63. The zero-order valence-electron chi connectivity index (χ0n) is 15.4. The fourth-order valence-corrected chi connectivity index (χ4v) is 5.56. The Balaban J connectivity index is 1.55. The quantitative estimate of drug-likeness (QED) is 0.536. The molecule has 4 rings (SSSR count). The minimum Gasteiger partial charge on any atom is -0.206 e. The molecule has 26 heavy (non-hydrogen) atoms. The predicted molar refractivity (Wildman–Crippen MR) is 99.6 cm³/mol. The van der Waals surface area contributed by atoms with E-state index in [2.05, 4.69) is 6.92 Å². The number of benzene rings is 2. The Morgan fingerprint density at radius 3 is 2.46 bits per heavy atom. The molecule has 2 aliphatic carbocycles. The number of hydrogen-bond acceptors (Lipinski definition) is 0. The van der Waals surface area contributed by atoms with E-state index in [9.17, 15) is 13.2 Å². The highest BCUT2D eigenvalue weighted by Gasteiger charge is 2.36. The average Bonchev–Trinajstić information content (AvgIpc) is 2.64. The van der Waals surface area contributed by atoms with Crippen LogP contribution in [-0.2, 0) is 0 Å². The van der Waals surface area contributed by atoms with E-state index >= 15 is 0 Å². The molecule has 3 heteroatoms. The third kappa shape index (κ3) is 3.25. The van der Waals surface area contributed by atoms with E-state index in [4.69, 9.17) is 0 Å². The highest BCUT2D eigenvalue weighted by atomic mass is 19.2. The van der Waals surface area contributed by atoms with Crippen LogP contribution in [0.15, 0.2) is 24.3 Å². The van der Waals surface area contributed by atoms with Crippen LogP contribution in [0.3, 0.4) is 0 Å². The number of hydrogen-bond donors (Lipinski definition) is 0. The first kappa shape index (κ1) is 17.9. The maximum Gasteiger partial charge on any atom is 0.169 e.